The zero-order chi connectivity index (χ0) is 16.4. The third kappa shape index (κ3) is 3.37. The molecule has 1 unspecified atom stereocenters. The fraction of sp³-hybridized carbons (Fsp3) is 0.562. The fourth-order valence-corrected chi connectivity index (χ4v) is 2.51. The first kappa shape index (κ1) is 16.3. The Bertz CT molecular complexity index is 668. The molecule has 6 nitrogen and oxygen atoms in total. The Morgan fingerprint density at radius 1 is 1.27 bits per heavy atom. The summed E-state index contributed by atoms with van der Waals surface area (Å²) < 4.78 is 3.67. The quantitative estimate of drug-likeness (QED) is 0.920. The number of carbonyl (C=O) groups is 1. The van der Waals surface area contributed by atoms with Crippen molar-refractivity contribution in [3.63, 3.8) is 0 Å². The van der Waals surface area contributed by atoms with Gasteiger partial charge in [-0.2, -0.15) is 10.2 Å². The van der Waals surface area contributed by atoms with Gasteiger partial charge < -0.3 is 5.32 Å². The third-order valence-corrected chi connectivity index (χ3v) is 3.92. The first-order chi connectivity index (χ1) is 10.3. The molecule has 22 heavy (non-hydrogen) atoms. The van der Waals surface area contributed by atoms with Crippen LogP contribution >= 0.6 is 0 Å². The second-order valence-electron chi connectivity index (χ2n) is 6.13. The van der Waals surface area contributed by atoms with E-state index in [0.717, 1.165) is 17.8 Å². The summed E-state index contributed by atoms with van der Waals surface area (Å²) >= 11 is 0. The van der Waals surface area contributed by atoms with Crippen molar-refractivity contribution >= 4 is 5.91 Å². The van der Waals surface area contributed by atoms with Crippen molar-refractivity contribution in [1.29, 1.82) is 0 Å². The molecule has 0 fully saturated rings. The molecule has 0 aliphatic carbocycles. The smallest absolute Gasteiger partial charge is 0.271 e. The Morgan fingerprint density at radius 3 is 2.45 bits per heavy atom. The molecule has 1 amide bonds. The summed E-state index contributed by atoms with van der Waals surface area (Å²) in [6.07, 6.45) is 2.60. The van der Waals surface area contributed by atoms with Gasteiger partial charge in [0.15, 0.2) is 0 Å². The summed E-state index contributed by atoms with van der Waals surface area (Å²) in [4.78, 5) is 12.2. The van der Waals surface area contributed by atoms with E-state index in [-0.39, 0.29) is 18.0 Å². The monoisotopic (exact) mass is 303 g/mol. The Morgan fingerprint density at radius 2 is 1.95 bits per heavy atom. The Hall–Kier alpha value is -2.11. The highest BCUT2D eigenvalue weighted by Gasteiger charge is 2.17. The van der Waals surface area contributed by atoms with Crippen molar-refractivity contribution in [3.8, 4) is 0 Å². The Kier molecular flexibility index (Phi) is 4.68. The number of nitrogens with one attached hydrogen (secondary N) is 1. The van der Waals surface area contributed by atoms with Crippen LogP contribution in [-0.2, 0) is 13.5 Å². The molecule has 6 heteroatoms. The van der Waals surface area contributed by atoms with Gasteiger partial charge in [0.1, 0.15) is 5.69 Å². The van der Waals surface area contributed by atoms with Crippen molar-refractivity contribution in [3.05, 3.63) is 34.9 Å². The molecule has 2 aromatic rings. The summed E-state index contributed by atoms with van der Waals surface area (Å²) in [7, 11) is 1.94. The van der Waals surface area contributed by atoms with Crippen LogP contribution in [0.5, 0.6) is 0 Å². The summed E-state index contributed by atoms with van der Waals surface area (Å²) in [6.45, 7) is 10.1. The molecule has 2 aromatic heterocycles. The van der Waals surface area contributed by atoms with Crippen molar-refractivity contribution in [2.45, 2.75) is 53.1 Å². The van der Waals surface area contributed by atoms with Gasteiger partial charge in [0.05, 0.1) is 5.69 Å². The van der Waals surface area contributed by atoms with E-state index in [1.165, 1.54) is 5.56 Å². The molecule has 0 aliphatic heterocycles. The van der Waals surface area contributed by atoms with Crippen molar-refractivity contribution in [2.24, 2.45) is 7.05 Å². The summed E-state index contributed by atoms with van der Waals surface area (Å²) in [5.74, 6) is -0.133. The van der Waals surface area contributed by atoms with Gasteiger partial charge in [0.2, 0.25) is 0 Å². The molecule has 0 aliphatic rings. The van der Waals surface area contributed by atoms with Crippen molar-refractivity contribution in [2.75, 3.05) is 0 Å². The lowest BCUT2D eigenvalue weighted by Crippen LogP contribution is -2.34. The number of hydrogen-bond acceptors (Lipinski definition) is 3. The van der Waals surface area contributed by atoms with Gasteiger partial charge in [-0.15, -0.1) is 0 Å². The molecule has 0 saturated heterocycles. The predicted molar refractivity (Wildman–Crippen MR) is 85.9 cm³/mol. The van der Waals surface area contributed by atoms with E-state index in [9.17, 15) is 4.79 Å². The summed E-state index contributed by atoms with van der Waals surface area (Å²) in [5.41, 5.74) is 3.82. The van der Waals surface area contributed by atoms with Crippen LogP contribution in [0.25, 0.3) is 0 Å². The highest BCUT2D eigenvalue weighted by atomic mass is 16.2. The lowest BCUT2D eigenvalue weighted by atomic mass is 10.1. The topological polar surface area (TPSA) is 64.7 Å². The van der Waals surface area contributed by atoms with Crippen LogP contribution < -0.4 is 5.32 Å². The highest BCUT2D eigenvalue weighted by molar-refractivity contribution is 5.92. The third-order valence-electron chi connectivity index (χ3n) is 3.92. The number of carbonyl (C=O) groups excluding carboxylic acids is 1. The number of aryl methyl sites for hydroxylation is 2. The number of hydrogen-bond donors (Lipinski definition) is 1. The van der Waals surface area contributed by atoms with Gasteiger partial charge in [0.25, 0.3) is 5.91 Å². The van der Waals surface area contributed by atoms with Crippen LogP contribution in [-0.4, -0.2) is 31.5 Å². The lowest BCUT2D eigenvalue weighted by molar-refractivity contribution is 0.0934. The van der Waals surface area contributed by atoms with Gasteiger partial charge >= 0.3 is 0 Å². The van der Waals surface area contributed by atoms with Crippen LogP contribution in [0.2, 0.25) is 0 Å². The number of aromatic nitrogens is 4. The van der Waals surface area contributed by atoms with E-state index in [2.05, 4.69) is 15.5 Å². The van der Waals surface area contributed by atoms with E-state index >= 15 is 0 Å². The minimum atomic E-state index is -0.133. The standard InChI is InChI=1S/C16H25N5O/c1-10(2)21-8-7-15(19-21)16(22)17-11(3)9-14-12(4)18-20(6)13(14)5/h7-8,10-11H,9H2,1-6H3,(H,17,22). The lowest BCUT2D eigenvalue weighted by Gasteiger charge is -2.13. The molecule has 0 spiro atoms. The zero-order valence-corrected chi connectivity index (χ0v) is 14.2. The number of rotatable bonds is 5. The van der Waals surface area contributed by atoms with Crippen molar-refractivity contribution < 1.29 is 4.79 Å². The number of nitrogens with zero attached hydrogens (tertiary/aromatic N) is 4. The van der Waals surface area contributed by atoms with Gasteiger partial charge in [-0.1, -0.05) is 0 Å². The Balaban J connectivity index is 2.01. The van der Waals surface area contributed by atoms with E-state index in [1.807, 2.05) is 52.5 Å². The maximum Gasteiger partial charge on any atom is 0.271 e. The van der Waals surface area contributed by atoms with Gasteiger partial charge in [-0.3, -0.25) is 14.2 Å². The van der Waals surface area contributed by atoms with E-state index < -0.39 is 0 Å². The largest absolute Gasteiger partial charge is 0.348 e. The molecular weight excluding hydrogens is 278 g/mol. The maximum absolute atomic E-state index is 12.2. The second-order valence-corrected chi connectivity index (χ2v) is 6.13. The molecule has 0 bridgehead atoms. The SMILES string of the molecule is Cc1nn(C)c(C)c1CC(C)NC(=O)c1ccn(C(C)C)n1. The van der Waals surface area contributed by atoms with Crippen LogP contribution in [0, 0.1) is 13.8 Å². The minimum Gasteiger partial charge on any atom is -0.348 e. The Labute approximate surface area is 131 Å². The van der Waals surface area contributed by atoms with Crippen LogP contribution in [0.3, 0.4) is 0 Å². The minimum absolute atomic E-state index is 0.0262. The maximum atomic E-state index is 12.2. The van der Waals surface area contributed by atoms with E-state index in [0.29, 0.717) is 5.69 Å². The molecule has 1 atom stereocenters. The molecule has 2 rings (SSSR count). The molecule has 0 radical (unpaired) electrons. The fourth-order valence-electron chi connectivity index (χ4n) is 2.51. The van der Waals surface area contributed by atoms with Gasteiger partial charge in [-0.05, 0) is 52.7 Å². The predicted octanol–water partition coefficient (Wildman–Crippen LogP) is 2.18. The highest BCUT2D eigenvalue weighted by Crippen LogP contribution is 2.14. The summed E-state index contributed by atoms with van der Waals surface area (Å²) in [5, 5.41) is 11.7. The first-order valence-electron chi connectivity index (χ1n) is 7.64. The average molecular weight is 303 g/mol. The molecule has 120 valence electrons. The molecule has 1 N–H and O–H groups in total. The number of amides is 1. The van der Waals surface area contributed by atoms with Gasteiger partial charge in [-0.25, -0.2) is 0 Å². The average Bonchev–Trinajstić information content (AvgIpc) is 3.01. The van der Waals surface area contributed by atoms with E-state index in [4.69, 9.17) is 0 Å². The normalized spacial score (nSPS) is 12.7. The molecule has 2 heterocycles. The second kappa shape index (κ2) is 6.34. The van der Waals surface area contributed by atoms with Crippen LogP contribution in [0.15, 0.2) is 12.3 Å². The molecule has 0 saturated carbocycles. The van der Waals surface area contributed by atoms with Crippen LogP contribution in [0.4, 0.5) is 0 Å². The van der Waals surface area contributed by atoms with Gasteiger partial charge in [0, 0.05) is 31.0 Å². The van der Waals surface area contributed by atoms with E-state index in [1.54, 1.807) is 10.7 Å². The summed E-state index contributed by atoms with van der Waals surface area (Å²) in [6, 6.07) is 2.03. The first-order valence-corrected chi connectivity index (χ1v) is 7.64. The van der Waals surface area contributed by atoms with Crippen LogP contribution in [0.1, 0.15) is 54.3 Å². The molecule has 0 aromatic carbocycles. The zero-order valence-electron chi connectivity index (χ0n) is 14.2. The molecular formula is C16H25N5O. The van der Waals surface area contributed by atoms with Crippen molar-refractivity contribution in [1.82, 2.24) is 24.9 Å².